The number of benzene rings is 3. The van der Waals surface area contributed by atoms with E-state index in [1.165, 1.54) is 42.5 Å². The summed E-state index contributed by atoms with van der Waals surface area (Å²) in [5.41, 5.74) is 1.53. The Morgan fingerprint density at radius 3 is 2.21 bits per heavy atom. The van der Waals surface area contributed by atoms with E-state index in [1.807, 2.05) is 6.07 Å². The molecular weight excluding hydrogens is 313 g/mol. The van der Waals surface area contributed by atoms with Crippen LogP contribution in [-0.4, -0.2) is 4.98 Å². The lowest BCUT2D eigenvalue weighted by Gasteiger charge is -2.11. The Labute approximate surface area is 135 Å². The second kappa shape index (κ2) is 5.53. The third kappa shape index (κ3) is 2.54. The maximum Gasteiger partial charge on any atom is 0.148 e. The zero-order chi connectivity index (χ0) is 16.7. The van der Waals surface area contributed by atoms with E-state index in [0.717, 1.165) is 10.8 Å². The van der Waals surface area contributed by atoms with Gasteiger partial charge in [-0.05, 0) is 54.6 Å². The monoisotopic (exact) mass is 324 g/mol. The average Bonchev–Trinajstić information content (AvgIpc) is 2.58. The normalized spacial score (nSPS) is 11.1. The number of aromatic nitrogens is 1. The topological polar surface area (TPSA) is 24.9 Å². The highest BCUT2D eigenvalue weighted by atomic mass is 19.1. The van der Waals surface area contributed by atoms with E-state index in [1.54, 1.807) is 12.1 Å². The van der Waals surface area contributed by atoms with Crippen LogP contribution in [0.2, 0.25) is 0 Å². The molecule has 0 saturated carbocycles. The number of hydrogen-bond donors (Lipinski definition) is 1. The molecule has 1 heterocycles. The van der Waals surface area contributed by atoms with E-state index < -0.39 is 11.6 Å². The Morgan fingerprint density at radius 1 is 0.708 bits per heavy atom. The van der Waals surface area contributed by atoms with Crippen LogP contribution in [0.3, 0.4) is 0 Å². The maximum absolute atomic E-state index is 14.3. The number of rotatable bonds is 2. The number of nitrogens with zero attached hydrogens (tertiary/aromatic N) is 1. The van der Waals surface area contributed by atoms with Gasteiger partial charge < -0.3 is 5.32 Å². The summed E-state index contributed by atoms with van der Waals surface area (Å²) in [4.78, 5) is 4.40. The minimum atomic E-state index is -0.491. The standard InChI is InChI=1S/C19H11F3N2/c20-13-4-6-15(7-5-13)23-19-16(22)8-2-12-9-11-1-3-14(21)10-17(11)24-18(12)19/h1-10,23H. The molecule has 0 radical (unpaired) electrons. The first-order valence-electron chi connectivity index (χ1n) is 7.31. The fourth-order valence-electron chi connectivity index (χ4n) is 2.64. The molecule has 0 saturated heterocycles. The molecule has 0 aliphatic heterocycles. The van der Waals surface area contributed by atoms with Gasteiger partial charge in [-0.25, -0.2) is 18.2 Å². The fraction of sp³-hybridized carbons (Fsp3) is 0. The summed E-state index contributed by atoms with van der Waals surface area (Å²) in [6.07, 6.45) is 0. The molecule has 4 aromatic rings. The molecule has 0 amide bonds. The molecule has 0 unspecified atom stereocenters. The zero-order valence-corrected chi connectivity index (χ0v) is 12.4. The van der Waals surface area contributed by atoms with Crippen LogP contribution in [0.15, 0.2) is 60.7 Å². The predicted octanol–water partition coefficient (Wildman–Crippen LogP) is 5.55. The van der Waals surface area contributed by atoms with Crippen molar-refractivity contribution < 1.29 is 13.2 Å². The summed E-state index contributed by atoms with van der Waals surface area (Å²) >= 11 is 0. The summed E-state index contributed by atoms with van der Waals surface area (Å²) in [5.74, 6) is -1.27. The highest BCUT2D eigenvalue weighted by molar-refractivity contribution is 5.99. The molecule has 5 heteroatoms. The fourth-order valence-corrected chi connectivity index (χ4v) is 2.64. The van der Waals surface area contributed by atoms with E-state index in [-0.39, 0.29) is 11.5 Å². The molecule has 0 aliphatic carbocycles. The Balaban J connectivity index is 1.92. The van der Waals surface area contributed by atoms with Crippen molar-refractivity contribution >= 4 is 33.2 Å². The Bertz CT molecular complexity index is 1060. The number of fused-ring (bicyclic) bond motifs is 2. The number of nitrogens with one attached hydrogen (secondary N) is 1. The van der Waals surface area contributed by atoms with Crippen molar-refractivity contribution in [1.82, 2.24) is 4.98 Å². The molecule has 0 bridgehead atoms. The van der Waals surface area contributed by atoms with Crippen LogP contribution in [0.4, 0.5) is 24.5 Å². The molecule has 1 aromatic heterocycles. The molecule has 1 N–H and O–H groups in total. The molecule has 4 rings (SSSR count). The maximum atomic E-state index is 14.3. The van der Waals surface area contributed by atoms with Crippen LogP contribution in [0.5, 0.6) is 0 Å². The molecule has 0 aliphatic rings. The molecule has 118 valence electrons. The van der Waals surface area contributed by atoms with E-state index >= 15 is 0 Å². The quantitative estimate of drug-likeness (QED) is 0.489. The van der Waals surface area contributed by atoms with Crippen molar-refractivity contribution in [3.05, 3.63) is 78.1 Å². The summed E-state index contributed by atoms with van der Waals surface area (Å²) < 4.78 is 40.8. The van der Waals surface area contributed by atoms with Crippen LogP contribution in [-0.2, 0) is 0 Å². The van der Waals surface area contributed by atoms with Gasteiger partial charge in [0.15, 0.2) is 0 Å². The van der Waals surface area contributed by atoms with Gasteiger partial charge in [-0.15, -0.1) is 0 Å². The largest absolute Gasteiger partial charge is 0.351 e. The number of pyridine rings is 1. The first-order valence-corrected chi connectivity index (χ1v) is 7.31. The van der Waals surface area contributed by atoms with Gasteiger partial charge in [0.25, 0.3) is 0 Å². The highest BCUT2D eigenvalue weighted by Gasteiger charge is 2.11. The van der Waals surface area contributed by atoms with Gasteiger partial charge in [0.1, 0.15) is 23.1 Å². The highest BCUT2D eigenvalue weighted by Crippen LogP contribution is 2.30. The number of anilines is 2. The summed E-state index contributed by atoms with van der Waals surface area (Å²) in [5, 5.41) is 4.41. The summed E-state index contributed by atoms with van der Waals surface area (Å²) in [7, 11) is 0. The van der Waals surface area contributed by atoms with Crippen LogP contribution in [0.1, 0.15) is 0 Å². The molecule has 0 spiro atoms. The second-order valence-corrected chi connectivity index (χ2v) is 5.45. The Hall–Kier alpha value is -3.08. The van der Waals surface area contributed by atoms with Crippen molar-refractivity contribution in [2.45, 2.75) is 0 Å². The lowest BCUT2D eigenvalue weighted by Crippen LogP contribution is -1.97. The molecule has 0 atom stereocenters. The van der Waals surface area contributed by atoms with Crippen molar-refractivity contribution in [3.63, 3.8) is 0 Å². The third-order valence-electron chi connectivity index (χ3n) is 3.81. The van der Waals surface area contributed by atoms with Gasteiger partial charge >= 0.3 is 0 Å². The number of hydrogen-bond acceptors (Lipinski definition) is 2. The van der Waals surface area contributed by atoms with Gasteiger partial charge in [-0.3, -0.25) is 0 Å². The van der Waals surface area contributed by atoms with Gasteiger partial charge in [-0.2, -0.15) is 0 Å². The summed E-state index contributed by atoms with van der Waals surface area (Å²) in [6, 6.07) is 14.7. The van der Waals surface area contributed by atoms with Gasteiger partial charge in [0, 0.05) is 22.5 Å². The van der Waals surface area contributed by atoms with Crippen LogP contribution in [0, 0.1) is 17.5 Å². The first kappa shape index (κ1) is 14.5. The van der Waals surface area contributed by atoms with Gasteiger partial charge in [-0.1, -0.05) is 0 Å². The van der Waals surface area contributed by atoms with E-state index in [9.17, 15) is 13.2 Å². The minimum absolute atomic E-state index is 0.172. The van der Waals surface area contributed by atoms with E-state index in [0.29, 0.717) is 16.7 Å². The molecule has 3 aromatic carbocycles. The summed E-state index contributed by atoms with van der Waals surface area (Å²) in [6.45, 7) is 0. The van der Waals surface area contributed by atoms with Crippen LogP contribution < -0.4 is 5.32 Å². The first-order chi connectivity index (χ1) is 11.6. The van der Waals surface area contributed by atoms with Crippen LogP contribution >= 0.6 is 0 Å². The van der Waals surface area contributed by atoms with Crippen molar-refractivity contribution in [3.8, 4) is 0 Å². The van der Waals surface area contributed by atoms with Crippen molar-refractivity contribution in [2.75, 3.05) is 5.32 Å². The van der Waals surface area contributed by atoms with E-state index in [2.05, 4.69) is 10.3 Å². The predicted molar refractivity (Wildman–Crippen MR) is 88.8 cm³/mol. The third-order valence-corrected chi connectivity index (χ3v) is 3.81. The smallest absolute Gasteiger partial charge is 0.148 e. The zero-order valence-electron chi connectivity index (χ0n) is 12.4. The van der Waals surface area contributed by atoms with Crippen LogP contribution in [0.25, 0.3) is 21.8 Å². The SMILES string of the molecule is Fc1ccc(Nc2c(F)ccc3cc4ccc(F)cc4nc23)cc1. The van der Waals surface area contributed by atoms with Crippen molar-refractivity contribution in [2.24, 2.45) is 0 Å². The average molecular weight is 324 g/mol. The minimum Gasteiger partial charge on any atom is -0.351 e. The lowest BCUT2D eigenvalue weighted by molar-refractivity contribution is 0.628. The Kier molecular flexibility index (Phi) is 3.34. The number of halogens is 3. The van der Waals surface area contributed by atoms with E-state index in [4.69, 9.17) is 0 Å². The van der Waals surface area contributed by atoms with Gasteiger partial charge in [0.2, 0.25) is 0 Å². The lowest BCUT2D eigenvalue weighted by atomic mass is 10.1. The Morgan fingerprint density at radius 2 is 1.42 bits per heavy atom. The molecule has 24 heavy (non-hydrogen) atoms. The second-order valence-electron chi connectivity index (χ2n) is 5.45. The molecule has 0 fully saturated rings. The molecular formula is C19H11F3N2. The molecule has 2 nitrogen and oxygen atoms in total. The van der Waals surface area contributed by atoms with Gasteiger partial charge in [0.05, 0.1) is 11.0 Å². The van der Waals surface area contributed by atoms with Crippen molar-refractivity contribution in [1.29, 1.82) is 0 Å².